The van der Waals surface area contributed by atoms with Crippen molar-refractivity contribution in [3.05, 3.63) is 119 Å². The van der Waals surface area contributed by atoms with Crippen LogP contribution in [-0.2, 0) is 34.0 Å². The molecule has 4 aromatic carbocycles. The van der Waals surface area contributed by atoms with Gasteiger partial charge in [0.1, 0.15) is 37.9 Å². The fourth-order valence-electron chi connectivity index (χ4n) is 7.89. The molecule has 7 rings (SSSR count). The summed E-state index contributed by atoms with van der Waals surface area (Å²) < 4.78 is 34.2. The highest BCUT2D eigenvalue weighted by Crippen LogP contribution is 2.56. The van der Waals surface area contributed by atoms with E-state index in [0.29, 0.717) is 50.4 Å². The largest absolute Gasteiger partial charge is 0.490 e. The van der Waals surface area contributed by atoms with Crippen molar-refractivity contribution in [1.29, 1.82) is 0 Å². The molecule has 0 N–H and O–H groups in total. The zero-order chi connectivity index (χ0) is 35.2. The van der Waals surface area contributed by atoms with Gasteiger partial charge in [-0.1, -0.05) is 72.8 Å². The molecule has 0 radical (unpaired) electrons. The summed E-state index contributed by atoms with van der Waals surface area (Å²) in [4.78, 5) is 25.1. The third kappa shape index (κ3) is 7.39. The van der Waals surface area contributed by atoms with Crippen molar-refractivity contribution < 1.29 is 38.0 Å². The number of rotatable bonds is 12. The lowest BCUT2D eigenvalue weighted by Gasteiger charge is -2.34. The molecule has 1 aliphatic carbocycles. The van der Waals surface area contributed by atoms with Crippen LogP contribution in [0.25, 0.3) is 11.1 Å². The average Bonchev–Trinajstić information content (AvgIpc) is 3.46. The molecule has 3 aliphatic rings. The Kier molecular flexibility index (Phi) is 10.7. The highest BCUT2D eigenvalue weighted by molar-refractivity contribution is 5.86. The van der Waals surface area contributed by atoms with Crippen molar-refractivity contribution in [3.63, 3.8) is 0 Å². The lowest BCUT2D eigenvalue weighted by molar-refractivity contribution is -0.154. The third-order valence-corrected chi connectivity index (χ3v) is 10.4. The summed E-state index contributed by atoms with van der Waals surface area (Å²) in [6.45, 7) is 6.10. The number of esters is 2. The van der Waals surface area contributed by atoms with E-state index in [4.69, 9.17) is 28.4 Å². The molecule has 0 spiro atoms. The Balaban J connectivity index is 1.06. The molecular weight excluding hydrogens is 644 g/mol. The number of hydrogen-bond donors (Lipinski definition) is 0. The van der Waals surface area contributed by atoms with Gasteiger partial charge in [0.15, 0.2) is 0 Å². The van der Waals surface area contributed by atoms with Crippen LogP contribution in [0.4, 0.5) is 0 Å². The summed E-state index contributed by atoms with van der Waals surface area (Å²) in [6, 6.07) is 33.6. The molecule has 0 bridgehead atoms. The number of ether oxygens (including phenoxy) is 6. The van der Waals surface area contributed by atoms with Crippen LogP contribution in [0.2, 0.25) is 0 Å². The maximum absolute atomic E-state index is 12.5. The predicted octanol–water partition coefficient (Wildman–Crippen LogP) is 7.52. The highest BCUT2D eigenvalue weighted by Gasteiger charge is 2.45. The molecule has 2 heterocycles. The van der Waals surface area contributed by atoms with Gasteiger partial charge in [-0.25, -0.2) is 0 Å². The number of benzene rings is 4. The molecule has 8 heteroatoms. The van der Waals surface area contributed by atoms with Crippen LogP contribution >= 0.6 is 0 Å². The smallest absolute Gasteiger partial charge is 0.309 e. The first-order valence-electron chi connectivity index (χ1n) is 18.2. The monoisotopic (exact) mass is 690 g/mol. The van der Waals surface area contributed by atoms with E-state index in [2.05, 4.69) is 72.8 Å². The van der Waals surface area contributed by atoms with Gasteiger partial charge in [-0.15, -0.1) is 0 Å². The minimum Gasteiger partial charge on any atom is -0.490 e. The molecule has 266 valence electrons. The summed E-state index contributed by atoms with van der Waals surface area (Å²) in [6.07, 6.45) is 2.94. The molecule has 2 saturated heterocycles. The normalized spacial score (nSPS) is 21.9. The van der Waals surface area contributed by atoms with E-state index in [1.165, 1.54) is 22.3 Å². The summed E-state index contributed by atoms with van der Waals surface area (Å²) in [7, 11) is 0. The molecule has 0 amide bonds. The fraction of sp³-hybridized carbons (Fsp3) is 0.395. The van der Waals surface area contributed by atoms with E-state index < -0.39 is 5.41 Å². The van der Waals surface area contributed by atoms with Gasteiger partial charge in [0.05, 0.1) is 29.5 Å². The molecule has 0 aromatic heterocycles. The van der Waals surface area contributed by atoms with Crippen LogP contribution in [0, 0.1) is 11.8 Å². The minimum absolute atomic E-state index is 0.0778. The number of carbonyl (C=O) groups excluding carboxylic acids is 2. The van der Waals surface area contributed by atoms with Gasteiger partial charge in [-0.2, -0.15) is 0 Å². The Hall–Kier alpha value is -4.66. The molecular formula is C43H46O8. The van der Waals surface area contributed by atoms with E-state index in [1.54, 1.807) is 0 Å². The van der Waals surface area contributed by atoms with Crippen LogP contribution in [0.15, 0.2) is 97.1 Å². The van der Waals surface area contributed by atoms with E-state index in [1.807, 2.05) is 38.1 Å². The maximum atomic E-state index is 12.5. The second-order valence-corrected chi connectivity index (χ2v) is 13.7. The van der Waals surface area contributed by atoms with Gasteiger partial charge in [-0.05, 0) is 97.2 Å². The van der Waals surface area contributed by atoms with Crippen molar-refractivity contribution in [3.8, 4) is 22.6 Å². The predicted molar refractivity (Wildman–Crippen MR) is 193 cm³/mol. The van der Waals surface area contributed by atoms with Crippen molar-refractivity contribution in [2.45, 2.75) is 57.2 Å². The van der Waals surface area contributed by atoms with E-state index >= 15 is 0 Å². The van der Waals surface area contributed by atoms with Gasteiger partial charge in [0.2, 0.25) is 0 Å². The van der Waals surface area contributed by atoms with Gasteiger partial charge >= 0.3 is 11.9 Å². The van der Waals surface area contributed by atoms with Gasteiger partial charge in [-0.3, -0.25) is 9.59 Å². The molecule has 0 saturated carbocycles. The van der Waals surface area contributed by atoms with Gasteiger partial charge in [0, 0.05) is 13.2 Å². The Bertz CT molecular complexity index is 1670. The fourth-order valence-corrected chi connectivity index (χ4v) is 7.89. The highest BCUT2D eigenvalue weighted by atomic mass is 16.6. The Morgan fingerprint density at radius 1 is 0.588 bits per heavy atom. The van der Waals surface area contributed by atoms with Crippen molar-refractivity contribution >= 4 is 11.9 Å². The zero-order valence-corrected chi connectivity index (χ0v) is 29.4. The number of hydrogen-bond acceptors (Lipinski definition) is 8. The lowest BCUT2D eigenvalue weighted by atomic mass is 9.68. The molecule has 2 aliphatic heterocycles. The van der Waals surface area contributed by atoms with Crippen LogP contribution in [0.3, 0.4) is 0 Å². The molecule has 2 fully saturated rings. The van der Waals surface area contributed by atoms with Crippen LogP contribution < -0.4 is 9.47 Å². The summed E-state index contributed by atoms with van der Waals surface area (Å²) in [5, 5.41) is 0. The van der Waals surface area contributed by atoms with Crippen LogP contribution in [0.5, 0.6) is 11.5 Å². The number of fused-ring (bicyclic) bond motifs is 3. The van der Waals surface area contributed by atoms with Gasteiger partial charge in [0.25, 0.3) is 0 Å². The third-order valence-electron chi connectivity index (χ3n) is 10.4. The average molecular weight is 691 g/mol. The SMILES string of the molecule is CC1CC(C(=O)OCCOc2ccc(C3(c4ccc(OCCOC(=O)C5CCOC(C)C5)cc4)c4ccccc4-c4ccccc43)cc2)CCO1. The molecule has 4 atom stereocenters. The van der Waals surface area contributed by atoms with Crippen LogP contribution in [-0.4, -0.2) is 63.8 Å². The maximum Gasteiger partial charge on any atom is 0.309 e. The minimum atomic E-state index is -0.572. The topological polar surface area (TPSA) is 89.5 Å². The summed E-state index contributed by atoms with van der Waals surface area (Å²) in [5.41, 5.74) is 6.46. The molecule has 4 unspecified atom stereocenters. The first-order valence-corrected chi connectivity index (χ1v) is 18.2. The Morgan fingerprint density at radius 2 is 1.00 bits per heavy atom. The van der Waals surface area contributed by atoms with E-state index in [0.717, 1.165) is 11.1 Å². The second-order valence-electron chi connectivity index (χ2n) is 13.7. The van der Waals surface area contributed by atoms with E-state index in [9.17, 15) is 9.59 Å². The first-order chi connectivity index (χ1) is 24.9. The molecule has 51 heavy (non-hydrogen) atoms. The Labute approximate surface area is 300 Å². The standard InChI is InChI=1S/C43H46O8/c1-29-27-31(19-21-46-29)41(44)50-25-23-48-35-15-11-33(12-16-35)43(39-9-5-3-7-37(39)38-8-4-6-10-40(38)43)34-13-17-36(18-14-34)49-24-26-51-42(45)32-20-22-47-30(2)28-32/h3-18,29-32H,19-28H2,1-2H3. The molecule has 4 aromatic rings. The summed E-state index contributed by atoms with van der Waals surface area (Å²) in [5.74, 6) is 0.838. The van der Waals surface area contributed by atoms with Gasteiger partial charge < -0.3 is 28.4 Å². The second kappa shape index (κ2) is 15.7. The zero-order valence-electron chi connectivity index (χ0n) is 29.4. The molecule has 8 nitrogen and oxygen atoms in total. The summed E-state index contributed by atoms with van der Waals surface area (Å²) >= 11 is 0. The first kappa shape index (κ1) is 34.8. The quantitative estimate of drug-likeness (QED) is 0.0982. The lowest BCUT2D eigenvalue weighted by Crippen LogP contribution is -2.30. The van der Waals surface area contributed by atoms with Crippen LogP contribution in [0.1, 0.15) is 61.8 Å². The van der Waals surface area contributed by atoms with Crippen molar-refractivity contribution in [1.82, 2.24) is 0 Å². The van der Waals surface area contributed by atoms with Crippen molar-refractivity contribution in [2.75, 3.05) is 39.6 Å². The number of carbonyl (C=O) groups is 2. The van der Waals surface area contributed by atoms with Crippen molar-refractivity contribution in [2.24, 2.45) is 11.8 Å². The Morgan fingerprint density at radius 3 is 1.41 bits per heavy atom. The van der Waals surface area contributed by atoms with E-state index in [-0.39, 0.29) is 62.4 Å².